The van der Waals surface area contributed by atoms with E-state index in [1.165, 1.54) is 17.2 Å². The van der Waals surface area contributed by atoms with E-state index in [4.69, 9.17) is 5.73 Å². The highest BCUT2D eigenvalue weighted by molar-refractivity contribution is 5.94. The minimum atomic E-state index is -0.742. The number of rotatable bonds is 4. The lowest BCUT2D eigenvalue weighted by Gasteiger charge is -2.18. The second kappa shape index (κ2) is 5.61. The van der Waals surface area contributed by atoms with E-state index in [1.807, 2.05) is 0 Å². The lowest BCUT2D eigenvalue weighted by Crippen LogP contribution is -2.29. The summed E-state index contributed by atoms with van der Waals surface area (Å²) in [6.07, 6.45) is 2.21. The number of nitrogens with zero attached hydrogens (tertiary/aromatic N) is 2. The minimum Gasteiger partial charge on any atom is -0.381 e. The van der Waals surface area contributed by atoms with Crippen LogP contribution in [-0.4, -0.2) is 29.4 Å². The van der Waals surface area contributed by atoms with Crippen molar-refractivity contribution in [3.63, 3.8) is 0 Å². The highest BCUT2D eigenvalue weighted by atomic mass is 19.1. The van der Waals surface area contributed by atoms with Crippen LogP contribution in [0.3, 0.4) is 0 Å². The summed E-state index contributed by atoms with van der Waals surface area (Å²) in [5.74, 6) is -0.850. The van der Waals surface area contributed by atoms with Crippen molar-refractivity contribution in [1.29, 1.82) is 0 Å². The smallest absolute Gasteiger partial charge is 0.256 e. The van der Waals surface area contributed by atoms with Gasteiger partial charge in [-0.25, -0.2) is 9.37 Å². The first-order valence-corrected chi connectivity index (χ1v) is 5.59. The summed E-state index contributed by atoms with van der Waals surface area (Å²) in [6.45, 7) is 4.74. The molecule has 0 aliphatic rings. The van der Waals surface area contributed by atoms with Crippen molar-refractivity contribution in [2.75, 3.05) is 19.3 Å². The summed E-state index contributed by atoms with van der Waals surface area (Å²) >= 11 is 0. The predicted molar refractivity (Wildman–Crippen MR) is 65.0 cm³/mol. The zero-order valence-corrected chi connectivity index (χ0v) is 10.4. The van der Waals surface area contributed by atoms with Gasteiger partial charge in [-0.1, -0.05) is 13.8 Å². The van der Waals surface area contributed by atoms with Gasteiger partial charge in [0.15, 0.2) is 11.6 Å². The van der Waals surface area contributed by atoms with Gasteiger partial charge in [-0.05, 0) is 18.4 Å². The maximum atomic E-state index is 13.6. The minimum absolute atomic E-state index is 0.0243. The molecule has 1 rings (SSSR count). The highest BCUT2D eigenvalue weighted by Gasteiger charge is 2.18. The van der Waals surface area contributed by atoms with Gasteiger partial charge in [0.2, 0.25) is 0 Å². The molecule has 0 bridgehead atoms. The molecule has 1 aromatic heterocycles. The third-order valence-corrected chi connectivity index (χ3v) is 2.54. The number of amides is 1. The average Bonchev–Trinajstić information content (AvgIpc) is 2.28. The van der Waals surface area contributed by atoms with Gasteiger partial charge in [-0.3, -0.25) is 4.79 Å². The van der Waals surface area contributed by atoms with Gasteiger partial charge in [0.05, 0.1) is 5.56 Å². The quantitative estimate of drug-likeness (QED) is 0.873. The van der Waals surface area contributed by atoms with Crippen molar-refractivity contribution in [2.24, 2.45) is 5.92 Å². The number of nitrogen functional groups attached to an aromatic ring is 1. The first-order valence-electron chi connectivity index (χ1n) is 5.59. The van der Waals surface area contributed by atoms with Crippen LogP contribution in [0.4, 0.5) is 10.2 Å². The number of carbonyl (C=O) groups excluding carboxylic acids is 1. The zero-order valence-electron chi connectivity index (χ0n) is 10.4. The Balaban J connectivity index is 2.78. The van der Waals surface area contributed by atoms with Gasteiger partial charge < -0.3 is 10.6 Å². The molecule has 0 aromatic carbocycles. The molecule has 0 aliphatic carbocycles. The summed E-state index contributed by atoms with van der Waals surface area (Å²) in [6, 6.07) is 1.35. The Bertz CT molecular complexity index is 407. The average molecular weight is 239 g/mol. The van der Waals surface area contributed by atoms with Crippen LogP contribution in [0.25, 0.3) is 0 Å². The molecular formula is C12H18FN3O. The van der Waals surface area contributed by atoms with Crippen LogP contribution in [0.1, 0.15) is 30.6 Å². The van der Waals surface area contributed by atoms with Crippen molar-refractivity contribution in [3.05, 3.63) is 23.6 Å². The van der Waals surface area contributed by atoms with Gasteiger partial charge >= 0.3 is 0 Å². The largest absolute Gasteiger partial charge is 0.381 e. The molecule has 4 nitrogen and oxygen atoms in total. The number of hydrogen-bond donors (Lipinski definition) is 1. The van der Waals surface area contributed by atoms with Crippen LogP contribution < -0.4 is 5.73 Å². The maximum Gasteiger partial charge on any atom is 0.256 e. The van der Waals surface area contributed by atoms with Crippen molar-refractivity contribution in [2.45, 2.75) is 20.3 Å². The summed E-state index contributed by atoms with van der Waals surface area (Å²) < 4.78 is 13.6. The third kappa shape index (κ3) is 3.41. The summed E-state index contributed by atoms with van der Waals surface area (Å²) in [5, 5.41) is 0. The van der Waals surface area contributed by atoms with E-state index in [-0.39, 0.29) is 17.3 Å². The van der Waals surface area contributed by atoms with Gasteiger partial charge in [-0.2, -0.15) is 0 Å². The molecule has 0 unspecified atom stereocenters. The number of aromatic nitrogens is 1. The molecule has 1 heterocycles. The Morgan fingerprint density at radius 1 is 1.59 bits per heavy atom. The predicted octanol–water partition coefficient (Wildman–Crippen LogP) is 1.92. The standard InChI is InChI=1S/C12H18FN3O/c1-8(2)5-7-16(3)12(17)9-4-6-15-11(14)10(9)13/h4,6,8H,5,7H2,1-3H3,(H2,14,15). The fourth-order valence-corrected chi connectivity index (χ4v) is 1.38. The molecule has 2 N–H and O–H groups in total. The van der Waals surface area contributed by atoms with Crippen LogP contribution in [0.5, 0.6) is 0 Å². The molecule has 0 atom stereocenters. The van der Waals surface area contributed by atoms with Crippen LogP contribution in [0.15, 0.2) is 12.3 Å². The summed E-state index contributed by atoms with van der Waals surface area (Å²) in [5.41, 5.74) is 5.30. The van der Waals surface area contributed by atoms with Gasteiger partial charge in [0.25, 0.3) is 5.91 Å². The Hall–Kier alpha value is -1.65. The van der Waals surface area contributed by atoms with Gasteiger partial charge in [0.1, 0.15) is 0 Å². The van der Waals surface area contributed by atoms with Crippen molar-refractivity contribution in [1.82, 2.24) is 9.88 Å². The van der Waals surface area contributed by atoms with Crippen molar-refractivity contribution >= 4 is 11.7 Å². The Morgan fingerprint density at radius 2 is 2.24 bits per heavy atom. The van der Waals surface area contributed by atoms with Crippen molar-refractivity contribution in [3.8, 4) is 0 Å². The summed E-state index contributed by atoms with van der Waals surface area (Å²) in [4.78, 5) is 17.0. The number of pyridine rings is 1. The number of halogens is 1. The SMILES string of the molecule is CC(C)CCN(C)C(=O)c1ccnc(N)c1F. The van der Waals surface area contributed by atoms with E-state index in [0.29, 0.717) is 12.5 Å². The normalized spacial score (nSPS) is 10.6. The summed E-state index contributed by atoms with van der Waals surface area (Å²) in [7, 11) is 1.65. The molecule has 17 heavy (non-hydrogen) atoms. The molecule has 0 radical (unpaired) electrons. The highest BCUT2D eigenvalue weighted by Crippen LogP contribution is 2.14. The zero-order chi connectivity index (χ0) is 13.0. The number of hydrogen-bond acceptors (Lipinski definition) is 3. The molecule has 1 aromatic rings. The van der Waals surface area contributed by atoms with E-state index >= 15 is 0 Å². The third-order valence-electron chi connectivity index (χ3n) is 2.54. The molecular weight excluding hydrogens is 221 g/mol. The molecule has 0 fully saturated rings. The van der Waals surface area contributed by atoms with E-state index in [2.05, 4.69) is 18.8 Å². The molecule has 0 aliphatic heterocycles. The molecule has 0 spiro atoms. The number of carbonyl (C=O) groups is 1. The monoisotopic (exact) mass is 239 g/mol. The van der Waals surface area contributed by atoms with Crippen molar-refractivity contribution < 1.29 is 9.18 Å². The topological polar surface area (TPSA) is 59.2 Å². The first-order chi connectivity index (χ1) is 7.93. The van der Waals surface area contributed by atoms with E-state index < -0.39 is 5.82 Å². The Labute approximate surface area is 101 Å². The van der Waals surface area contributed by atoms with E-state index in [1.54, 1.807) is 7.05 Å². The Kier molecular flexibility index (Phi) is 4.43. The fourth-order valence-electron chi connectivity index (χ4n) is 1.38. The van der Waals surface area contributed by atoms with Crippen LogP contribution in [0.2, 0.25) is 0 Å². The maximum absolute atomic E-state index is 13.6. The second-order valence-corrected chi connectivity index (χ2v) is 4.47. The number of nitrogens with two attached hydrogens (primary N) is 1. The number of anilines is 1. The molecule has 94 valence electrons. The van der Waals surface area contributed by atoms with E-state index in [0.717, 1.165) is 6.42 Å². The fraction of sp³-hybridized carbons (Fsp3) is 0.500. The molecule has 0 saturated carbocycles. The van der Waals surface area contributed by atoms with E-state index in [9.17, 15) is 9.18 Å². The molecule has 1 amide bonds. The first kappa shape index (κ1) is 13.4. The van der Waals surface area contributed by atoms with Crippen LogP contribution >= 0.6 is 0 Å². The van der Waals surface area contributed by atoms with Gasteiger partial charge in [-0.15, -0.1) is 0 Å². The lowest BCUT2D eigenvalue weighted by atomic mass is 10.1. The van der Waals surface area contributed by atoms with Crippen LogP contribution in [0, 0.1) is 11.7 Å². The Morgan fingerprint density at radius 3 is 2.82 bits per heavy atom. The van der Waals surface area contributed by atoms with Crippen LogP contribution in [-0.2, 0) is 0 Å². The lowest BCUT2D eigenvalue weighted by molar-refractivity contribution is 0.0784. The second-order valence-electron chi connectivity index (χ2n) is 4.47. The molecule has 5 heteroatoms. The molecule has 0 saturated heterocycles. The van der Waals surface area contributed by atoms with Gasteiger partial charge in [0, 0.05) is 19.8 Å².